The van der Waals surface area contributed by atoms with E-state index >= 15 is 0 Å². The number of halogens is 2. The van der Waals surface area contributed by atoms with Gasteiger partial charge in [0.2, 0.25) is 11.9 Å². The van der Waals surface area contributed by atoms with Crippen LogP contribution in [0.25, 0.3) is 0 Å². The van der Waals surface area contributed by atoms with Gasteiger partial charge in [-0.2, -0.15) is 0 Å². The van der Waals surface area contributed by atoms with Crippen LogP contribution in [-0.4, -0.2) is 34.7 Å². The van der Waals surface area contributed by atoms with Gasteiger partial charge in [-0.15, -0.1) is 0 Å². The number of anilines is 2. The lowest BCUT2D eigenvalue weighted by atomic mass is 10.1. The largest absolute Gasteiger partial charge is 0.495 e. The number of thiocarbonyl (C=S) groups is 1. The topological polar surface area (TPSA) is 83.5 Å². The zero-order valence-corrected chi connectivity index (χ0v) is 20.0. The first-order valence-electron chi connectivity index (χ1n) is 10.1. The minimum absolute atomic E-state index is 0.271. The molecule has 0 spiro atoms. The highest BCUT2D eigenvalue weighted by molar-refractivity contribution is 7.80. The molecule has 1 aromatic heterocycles. The van der Waals surface area contributed by atoms with Crippen molar-refractivity contribution in [3.8, 4) is 5.75 Å². The summed E-state index contributed by atoms with van der Waals surface area (Å²) in [6.45, 7) is 4.20. The standard InChI is InChI=1S/C23H24ClFN6OS/c1-14-12-15(2)28-22(27-14)30-21(26-11-10-16-4-7-18(25)8-5-16)31-23(33)29-19-13-17(24)6-9-20(19)32-3/h4-9,12-13H,10-11H2,1-3H3,(H3,26,27,28,29,30,31,33). The number of ether oxygens (including phenoxy) is 1. The summed E-state index contributed by atoms with van der Waals surface area (Å²) in [7, 11) is 1.56. The van der Waals surface area contributed by atoms with Crippen molar-refractivity contribution in [2.24, 2.45) is 4.99 Å². The van der Waals surface area contributed by atoms with Crippen LogP contribution < -0.4 is 20.7 Å². The third kappa shape index (κ3) is 7.65. The molecule has 0 atom stereocenters. The highest BCUT2D eigenvalue weighted by Gasteiger charge is 2.10. The molecular weight excluding hydrogens is 463 g/mol. The van der Waals surface area contributed by atoms with Gasteiger partial charge in [-0.25, -0.2) is 14.4 Å². The van der Waals surface area contributed by atoms with Gasteiger partial charge < -0.3 is 15.4 Å². The van der Waals surface area contributed by atoms with E-state index in [1.54, 1.807) is 37.4 Å². The van der Waals surface area contributed by atoms with Crippen LogP contribution in [0.3, 0.4) is 0 Å². The van der Waals surface area contributed by atoms with Gasteiger partial charge >= 0.3 is 0 Å². The second-order valence-electron chi connectivity index (χ2n) is 7.13. The van der Waals surface area contributed by atoms with Crippen LogP contribution in [0.2, 0.25) is 5.02 Å². The molecule has 0 bridgehead atoms. The number of aromatic nitrogens is 2. The highest BCUT2D eigenvalue weighted by atomic mass is 35.5. The maximum Gasteiger partial charge on any atom is 0.229 e. The van der Waals surface area contributed by atoms with Gasteiger partial charge in [0.1, 0.15) is 11.6 Å². The maximum atomic E-state index is 13.1. The number of hydrogen-bond acceptors (Lipinski definition) is 5. The predicted octanol–water partition coefficient (Wildman–Crippen LogP) is 4.89. The van der Waals surface area contributed by atoms with Gasteiger partial charge in [0.15, 0.2) is 5.11 Å². The van der Waals surface area contributed by atoms with Crippen molar-refractivity contribution in [2.45, 2.75) is 20.3 Å². The van der Waals surface area contributed by atoms with Crippen LogP contribution in [-0.2, 0) is 6.42 Å². The molecule has 10 heteroatoms. The monoisotopic (exact) mass is 486 g/mol. The Hall–Kier alpha value is -3.30. The number of guanidine groups is 1. The molecular formula is C23H24ClFN6OS. The summed E-state index contributed by atoms with van der Waals surface area (Å²) < 4.78 is 18.5. The number of rotatable bonds is 6. The second-order valence-corrected chi connectivity index (χ2v) is 7.97. The second kappa shape index (κ2) is 11.5. The Morgan fingerprint density at radius 1 is 1.06 bits per heavy atom. The first kappa shape index (κ1) is 24.3. The zero-order chi connectivity index (χ0) is 23.8. The van der Waals surface area contributed by atoms with Crippen molar-refractivity contribution in [1.82, 2.24) is 15.3 Å². The molecule has 0 aliphatic heterocycles. The Labute approximate surface area is 202 Å². The van der Waals surface area contributed by atoms with Gasteiger partial charge in [-0.3, -0.25) is 10.3 Å². The normalized spacial score (nSPS) is 11.1. The van der Waals surface area contributed by atoms with Crippen LogP contribution in [0.4, 0.5) is 16.0 Å². The molecule has 3 aromatic rings. The van der Waals surface area contributed by atoms with E-state index in [1.807, 2.05) is 19.9 Å². The van der Waals surface area contributed by atoms with Gasteiger partial charge in [-0.05, 0) is 74.4 Å². The minimum Gasteiger partial charge on any atom is -0.495 e. The Morgan fingerprint density at radius 2 is 1.76 bits per heavy atom. The first-order valence-corrected chi connectivity index (χ1v) is 10.9. The van der Waals surface area contributed by atoms with Crippen LogP contribution in [0.1, 0.15) is 17.0 Å². The molecule has 172 valence electrons. The van der Waals surface area contributed by atoms with Crippen LogP contribution in [0.15, 0.2) is 53.5 Å². The molecule has 0 radical (unpaired) electrons. The molecule has 3 N–H and O–H groups in total. The Balaban J connectivity index is 1.75. The van der Waals surface area contributed by atoms with E-state index < -0.39 is 0 Å². The van der Waals surface area contributed by atoms with Gasteiger partial charge in [0, 0.05) is 23.0 Å². The lowest BCUT2D eigenvalue weighted by Gasteiger charge is -2.16. The number of hydrogen-bond donors (Lipinski definition) is 3. The number of nitrogens with zero attached hydrogens (tertiary/aromatic N) is 3. The lowest BCUT2D eigenvalue weighted by Crippen LogP contribution is -2.39. The average molecular weight is 487 g/mol. The van der Waals surface area contributed by atoms with Crippen molar-refractivity contribution >= 4 is 46.5 Å². The van der Waals surface area contributed by atoms with Gasteiger partial charge in [0.25, 0.3) is 0 Å². The predicted molar refractivity (Wildman–Crippen MR) is 135 cm³/mol. The smallest absolute Gasteiger partial charge is 0.229 e. The summed E-state index contributed by atoms with van der Waals surface area (Å²) >= 11 is 11.6. The number of aliphatic imine (C=N–C) groups is 1. The van der Waals surface area contributed by atoms with Crippen molar-refractivity contribution < 1.29 is 9.13 Å². The Bertz CT molecular complexity index is 1140. The molecule has 0 saturated carbocycles. The SMILES string of the molecule is COc1ccc(Cl)cc1NC(=S)NC(=NCCc1ccc(F)cc1)Nc1nc(C)cc(C)n1. The molecule has 33 heavy (non-hydrogen) atoms. The zero-order valence-electron chi connectivity index (χ0n) is 18.4. The van der Waals surface area contributed by atoms with E-state index in [0.29, 0.717) is 41.3 Å². The summed E-state index contributed by atoms with van der Waals surface area (Å²) in [4.78, 5) is 13.4. The van der Waals surface area contributed by atoms with E-state index in [2.05, 4.69) is 30.9 Å². The van der Waals surface area contributed by atoms with Crippen molar-refractivity contribution in [2.75, 3.05) is 24.3 Å². The summed E-state index contributed by atoms with van der Waals surface area (Å²) in [6.07, 6.45) is 0.614. The Morgan fingerprint density at radius 3 is 2.42 bits per heavy atom. The van der Waals surface area contributed by atoms with E-state index in [0.717, 1.165) is 17.0 Å². The summed E-state index contributed by atoms with van der Waals surface area (Å²) in [5.74, 6) is 1.07. The minimum atomic E-state index is -0.272. The van der Waals surface area contributed by atoms with Crippen molar-refractivity contribution in [3.05, 3.63) is 76.3 Å². The summed E-state index contributed by atoms with van der Waals surface area (Å²) in [5.41, 5.74) is 3.21. The number of aryl methyl sites for hydroxylation is 2. The third-order valence-corrected chi connectivity index (χ3v) is 4.88. The van der Waals surface area contributed by atoms with E-state index in [1.165, 1.54) is 12.1 Å². The quantitative estimate of drug-likeness (QED) is 0.260. The molecule has 7 nitrogen and oxygen atoms in total. The van der Waals surface area contributed by atoms with Gasteiger partial charge in [-0.1, -0.05) is 23.7 Å². The fourth-order valence-corrected chi connectivity index (χ4v) is 3.36. The molecule has 2 aromatic carbocycles. The van der Waals surface area contributed by atoms with E-state index in [9.17, 15) is 4.39 Å². The fraction of sp³-hybridized carbons (Fsp3) is 0.217. The summed E-state index contributed by atoms with van der Waals surface area (Å²) in [5, 5.41) is 10.00. The molecule has 1 heterocycles. The molecule has 0 unspecified atom stereocenters. The van der Waals surface area contributed by atoms with Crippen LogP contribution >= 0.6 is 23.8 Å². The fourth-order valence-electron chi connectivity index (χ4n) is 2.98. The molecule has 0 amide bonds. The molecule has 0 aliphatic carbocycles. The number of nitrogens with one attached hydrogen (secondary N) is 3. The molecule has 0 saturated heterocycles. The molecule has 0 fully saturated rings. The molecule has 3 rings (SSSR count). The number of methoxy groups -OCH3 is 1. The van der Waals surface area contributed by atoms with Gasteiger partial charge in [0.05, 0.1) is 12.8 Å². The van der Waals surface area contributed by atoms with E-state index in [4.69, 9.17) is 28.6 Å². The first-order chi connectivity index (χ1) is 15.8. The maximum absolute atomic E-state index is 13.1. The van der Waals surface area contributed by atoms with Crippen molar-refractivity contribution in [1.29, 1.82) is 0 Å². The Kier molecular flexibility index (Phi) is 8.51. The number of benzene rings is 2. The lowest BCUT2D eigenvalue weighted by molar-refractivity contribution is 0.417. The highest BCUT2D eigenvalue weighted by Crippen LogP contribution is 2.27. The van der Waals surface area contributed by atoms with Crippen molar-refractivity contribution in [3.63, 3.8) is 0 Å². The third-order valence-electron chi connectivity index (χ3n) is 4.44. The summed E-state index contributed by atoms with van der Waals surface area (Å²) in [6, 6.07) is 13.4. The van der Waals surface area contributed by atoms with Crippen LogP contribution in [0.5, 0.6) is 5.75 Å². The average Bonchev–Trinajstić information content (AvgIpc) is 2.74. The van der Waals surface area contributed by atoms with E-state index in [-0.39, 0.29) is 10.9 Å². The molecule has 0 aliphatic rings. The van der Waals surface area contributed by atoms with Crippen LogP contribution in [0, 0.1) is 19.7 Å².